The van der Waals surface area contributed by atoms with E-state index in [9.17, 15) is 4.79 Å². The number of carbonyl (C=O) groups is 1. The average Bonchev–Trinajstić information content (AvgIpc) is 2.88. The van der Waals surface area contributed by atoms with Crippen LogP contribution in [0.4, 0.5) is 0 Å². The van der Waals surface area contributed by atoms with Gasteiger partial charge in [-0.15, -0.1) is 24.2 Å². The third-order valence-electron chi connectivity index (χ3n) is 3.71. The summed E-state index contributed by atoms with van der Waals surface area (Å²) in [4.78, 5) is 15.3. The molecule has 1 N–H and O–H groups in total. The Labute approximate surface area is 153 Å². The first-order valence-electron chi connectivity index (χ1n) is 7.58. The van der Waals surface area contributed by atoms with Crippen molar-refractivity contribution in [3.63, 3.8) is 0 Å². The van der Waals surface area contributed by atoms with E-state index in [4.69, 9.17) is 4.52 Å². The molecule has 1 aromatic carbocycles. The maximum atomic E-state index is 12.6. The summed E-state index contributed by atoms with van der Waals surface area (Å²) in [6.45, 7) is 5.31. The van der Waals surface area contributed by atoms with Crippen LogP contribution in [0, 0.1) is 13.8 Å². The monoisotopic (exact) mass is 369 g/mol. The number of benzene rings is 1. The van der Waals surface area contributed by atoms with Gasteiger partial charge >= 0.3 is 0 Å². The van der Waals surface area contributed by atoms with Gasteiger partial charge in [0.1, 0.15) is 5.76 Å². The summed E-state index contributed by atoms with van der Waals surface area (Å²) in [5.74, 6) is 1.62. The molecule has 0 atom stereocenters. The smallest absolute Gasteiger partial charge is 0.254 e. The van der Waals surface area contributed by atoms with Crippen molar-refractivity contribution in [2.75, 3.05) is 27.2 Å². The molecule has 0 aliphatic heterocycles. The van der Waals surface area contributed by atoms with Crippen molar-refractivity contribution in [3.8, 4) is 0 Å². The highest BCUT2D eigenvalue weighted by molar-refractivity contribution is 7.98. The second-order valence-electron chi connectivity index (χ2n) is 5.42. The summed E-state index contributed by atoms with van der Waals surface area (Å²) in [6, 6.07) is 7.73. The molecule has 132 valence electrons. The third-order valence-corrected chi connectivity index (χ3v) is 4.81. The number of aryl methyl sites for hydroxylation is 2. The zero-order valence-corrected chi connectivity index (χ0v) is 16.1. The Balaban J connectivity index is 0.00000288. The zero-order chi connectivity index (χ0) is 16.8. The molecule has 0 saturated carbocycles. The lowest BCUT2D eigenvalue weighted by Gasteiger charge is -2.18. The highest BCUT2D eigenvalue weighted by Crippen LogP contribution is 2.29. The fraction of sp³-hybridized carbons (Fsp3) is 0.412. The van der Waals surface area contributed by atoms with E-state index < -0.39 is 0 Å². The molecule has 24 heavy (non-hydrogen) atoms. The van der Waals surface area contributed by atoms with Gasteiger partial charge in [-0.2, -0.15) is 0 Å². The van der Waals surface area contributed by atoms with Crippen molar-refractivity contribution in [1.82, 2.24) is 15.4 Å². The number of aromatic nitrogens is 1. The molecule has 5 nitrogen and oxygen atoms in total. The van der Waals surface area contributed by atoms with Gasteiger partial charge in [0, 0.05) is 36.3 Å². The van der Waals surface area contributed by atoms with E-state index in [2.05, 4.69) is 10.5 Å². The zero-order valence-electron chi connectivity index (χ0n) is 14.5. The summed E-state index contributed by atoms with van der Waals surface area (Å²) in [5.41, 5.74) is 2.74. The first kappa shape index (κ1) is 20.5. The molecule has 1 aromatic heterocycles. The Hall–Kier alpha value is -1.50. The molecule has 0 saturated heterocycles. The molecule has 0 bridgehead atoms. The number of amides is 1. The lowest BCUT2D eigenvalue weighted by molar-refractivity contribution is 0.0793. The summed E-state index contributed by atoms with van der Waals surface area (Å²) >= 11 is 1.64. The van der Waals surface area contributed by atoms with Crippen LogP contribution in [0.15, 0.2) is 33.7 Å². The van der Waals surface area contributed by atoms with Crippen LogP contribution in [0.2, 0.25) is 0 Å². The van der Waals surface area contributed by atoms with Crippen molar-refractivity contribution in [3.05, 3.63) is 46.8 Å². The van der Waals surface area contributed by atoms with Gasteiger partial charge in [0.15, 0.2) is 0 Å². The van der Waals surface area contributed by atoms with Crippen LogP contribution >= 0.6 is 24.2 Å². The molecule has 0 radical (unpaired) electrons. The summed E-state index contributed by atoms with van der Waals surface area (Å²) < 4.78 is 5.20. The number of nitrogens with zero attached hydrogens (tertiary/aromatic N) is 2. The summed E-state index contributed by atoms with van der Waals surface area (Å²) in [7, 11) is 3.71. The van der Waals surface area contributed by atoms with Crippen molar-refractivity contribution < 1.29 is 9.32 Å². The lowest BCUT2D eigenvalue weighted by Crippen LogP contribution is -2.33. The second-order valence-corrected chi connectivity index (χ2v) is 6.43. The van der Waals surface area contributed by atoms with E-state index >= 15 is 0 Å². The largest absolute Gasteiger partial charge is 0.361 e. The predicted molar refractivity (Wildman–Crippen MR) is 100 cm³/mol. The van der Waals surface area contributed by atoms with Crippen molar-refractivity contribution in [1.29, 1.82) is 0 Å². The van der Waals surface area contributed by atoms with E-state index in [0.29, 0.717) is 6.54 Å². The van der Waals surface area contributed by atoms with Gasteiger partial charge in [0.25, 0.3) is 5.91 Å². The molecule has 1 heterocycles. The van der Waals surface area contributed by atoms with Crippen molar-refractivity contribution >= 4 is 30.1 Å². The summed E-state index contributed by atoms with van der Waals surface area (Å²) in [6.07, 6.45) is 0. The van der Waals surface area contributed by atoms with Crippen LogP contribution in [0.25, 0.3) is 0 Å². The van der Waals surface area contributed by atoms with Gasteiger partial charge in [-0.25, -0.2) is 0 Å². The second kappa shape index (κ2) is 9.71. The molecule has 0 aliphatic rings. The quantitative estimate of drug-likeness (QED) is 0.759. The number of hydrogen-bond acceptors (Lipinski definition) is 5. The highest BCUT2D eigenvalue weighted by Gasteiger charge is 2.17. The number of hydrogen-bond donors (Lipinski definition) is 1. The Kier molecular flexibility index (Phi) is 8.31. The molecule has 1 amide bonds. The maximum absolute atomic E-state index is 12.6. The number of nitrogens with one attached hydrogen (secondary N) is 1. The minimum Gasteiger partial charge on any atom is -0.361 e. The number of carbonyl (C=O) groups excluding carboxylic acids is 1. The molecule has 2 rings (SSSR count). The van der Waals surface area contributed by atoms with E-state index in [-0.39, 0.29) is 18.3 Å². The van der Waals surface area contributed by atoms with Gasteiger partial charge in [-0.3, -0.25) is 4.79 Å². The van der Waals surface area contributed by atoms with Crippen LogP contribution in [-0.4, -0.2) is 43.1 Å². The van der Waals surface area contributed by atoms with Crippen LogP contribution in [0.3, 0.4) is 0 Å². The number of likely N-dealkylation sites (N-methyl/N-ethyl adjacent to an activating group) is 2. The van der Waals surface area contributed by atoms with E-state index in [0.717, 1.165) is 39.8 Å². The normalized spacial score (nSPS) is 10.3. The highest BCUT2D eigenvalue weighted by atomic mass is 35.5. The molecular formula is C17H24ClN3O2S. The SMILES string of the molecule is CNCCN(C)C(=O)c1ccccc1SCc1c(C)noc1C.Cl. The average molecular weight is 370 g/mol. The Bertz CT molecular complexity index is 656. The van der Waals surface area contributed by atoms with Crippen LogP contribution in [0.5, 0.6) is 0 Å². The van der Waals surface area contributed by atoms with Crippen molar-refractivity contribution in [2.24, 2.45) is 0 Å². The molecule has 0 fully saturated rings. The maximum Gasteiger partial charge on any atom is 0.254 e. The predicted octanol–water partition coefficient (Wildman–Crippen LogP) is 3.30. The molecule has 0 unspecified atom stereocenters. The first-order chi connectivity index (χ1) is 11.0. The van der Waals surface area contributed by atoms with Crippen LogP contribution in [0.1, 0.15) is 27.4 Å². The van der Waals surface area contributed by atoms with Gasteiger partial charge in [-0.05, 0) is 33.0 Å². The number of halogens is 1. The molecule has 7 heteroatoms. The number of rotatable bonds is 7. The first-order valence-corrected chi connectivity index (χ1v) is 8.56. The molecular weight excluding hydrogens is 346 g/mol. The lowest BCUT2D eigenvalue weighted by atomic mass is 10.2. The fourth-order valence-corrected chi connectivity index (χ4v) is 3.41. The van der Waals surface area contributed by atoms with Gasteiger partial charge in [-0.1, -0.05) is 17.3 Å². The van der Waals surface area contributed by atoms with E-state index in [1.165, 1.54) is 0 Å². The Morgan fingerprint density at radius 1 is 1.33 bits per heavy atom. The topological polar surface area (TPSA) is 58.4 Å². The molecule has 0 aliphatic carbocycles. The minimum absolute atomic E-state index is 0. The third kappa shape index (κ3) is 5.00. The Morgan fingerprint density at radius 3 is 2.67 bits per heavy atom. The van der Waals surface area contributed by atoms with Crippen LogP contribution in [-0.2, 0) is 5.75 Å². The van der Waals surface area contributed by atoms with Gasteiger partial charge < -0.3 is 14.7 Å². The fourth-order valence-electron chi connectivity index (χ4n) is 2.21. The molecule has 0 spiro atoms. The van der Waals surface area contributed by atoms with E-state index in [1.807, 2.05) is 52.2 Å². The molecule has 2 aromatic rings. The standard InChI is InChI=1S/C17H23N3O2S.ClH/c1-12-15(13(2)22-19-12)11-23-16-8-6-5-7-14(16)17(21)20(4)10-9-18-3;/h5-8,18H,9-11H2,1-4H3;1H. The van der Waals surface area contributed by atoms with Gasteiger partial charge in [0.2, 0.25) is 0 Å². The Morgan fingerprint density at radius 2 is 2.04 bits per heavy atom. The number of thioether (sulfide) groups is 1. The minimum atomic E-state index is 0. The van der Waals surface area contributed by atoms with E-state index in [1.54, 1.807) is 16.7 Å². The van der Waals surface area contributed by atoms with Gasteiger partial charge in [0.05, 0.1) is 11.3 Å². The van der Waals surface area contributed by atoms with Crippen molar-refractivity contribution in [2.45, 2.75) is 24.5 Å². The van der Waals surface area contributed by atoms with Crippen LogP contribution < -0.4 is 5.32 Å². The summed E-state index contributed by atoms with van der Waals surface area (Å²) in [5, 5.41) is 7.04.